The number of aliphatic carboxylic acids is 1. The number of carboxylic acid groups (broad SMARTS) is 1. The van der Waals surface area contributed by atoms with Gasteiger partial charge in [-0.05, 0) is 29.8 Å². The summed E-state index contributed by atoms with van der Waals surface area (Å²) in [7, 11) is 0. The van der Waals surface area contributed by atoms with Gasteiger partial charge in [0, 0.05) is 5.56 Å². The number of amides is 1. The van der Waals surface area contributed by atoms with Crippen LogP contribution in [0.2, 0.25) is 0 Å². The standard InChI is InChI=1S/C15H13NO7/c17-9-3-1-7(2-4-9)12(15(22)23)16-14(21)8-5-10(18)13(20)11(19)6-8/h1-6,12,17-20H,(H,16,21)(H,22,23). The van der Waals surface area contributed by atoms with Gasteiger partial charge in [0.15, 0.2) is 23.3 Å². The van der Waals surface area contributed by atoms with Crippen molar-refractivity contribution in [3.8, 4) is 23.0 Å². The van der Waals surface area contributed by atoms with Crippen molar-refractivity contribution in [1.82, 2.24) is 5.32 Å². The average Bonchev–Trinajstić information content (AvgIpc) is 2.50. The lowest BCUT2D eigenvalue weighted by molar-refractivity contribution is -0.139. The molecule has 2 rings (SSSR count). The zero-order valence-electron chi connectivity index (χ0n) is 11.6. The summed E-state index contributed by atoms with van der Waals surface area (Å²) in [5.41, 5.74) is -0.0151. The maximum absolute atomic E-state index is 12.1. The fourth-order valence-electron chi connectivity index (χ4n) is 1.90. The van der Waals surface area contributed by atoms with E-state index in [1.807, 2.05) is 0 Å². The SMILES string of the molecule is O=C(NC(C(=O)O)c1ccc(O)cc1)c1cc(O)c(O)c(O)c1. The zero-order valence-corrected chi connectivity index (χ0v) is 11.6. The number of rotatable bonds is 4. The Kier molecular flexibility index (Phi) is 4.26. The van der Waals surface area contributed by atoms with Crippen molar-refractivity contribution in [2.45, 2.75) is 6.04 Å². The third-order valence-corrected chi connectivity index (χ3v) is 3.08. The molecule has 23 heavy (non-hydrogen) atoms. The van der Waals surface area contributed by atoms with Crippen LogP contribution in [0.3, 0.4) is 0 Å². The van der Waals surface area contributed by atoms with E-state index in [1.165, 1.54) is 24.3 Å². The highest BCUT2D eigenvalue weighted by Gasteiger charge is 2.23. The van der Waals surface area contributed by atoms with Gasteiger partial charge in [0.25, 0.3) is 5.91 Å². The zero-order chi connectivity index (χ0) is 17.1. The molecule has 0 aliphatic heterocycles. The Morgan fingerprint density at radius 2 is 1.43 bits per heavy atom. The summed E-state index contributed by atoms with van der Waals surface area (Å²) in [6, 6.07) is 5.59. The smallest absolute Gasteiger partial charge is 0.330 e. The summed E-state index contributed by atoms with van der Waals surface area (Å²) in [6.07, 6.45) is 0. The predicted octanol–water partition coefficient (Wildman–Crippen LogP) is 1.06. The van der Waals surface area contributed by atoms with Gasteiger partial charge in [-0.3, -0.25) is 4.79 Å². The Morgan fingerprint density at radius 3 is 1.91 bits per heavy atom. The highest BCUT2D eigenvalue weighted by molar-refractivity contribution is 5.97. The first kappa shape index (κ1) is 16.0. The molecule has 6 N–H and O–H groups in total. The van der Waals surface area contributed by atoms with E-state index in [2.05, 4.69) is 5.32 Å². The Hall–Kier alpha value is -3.42. The highest BCUT2D eigenvalue weighted by atomic mass is 16.4. The van der Waals surface area contributed by atoms with Crippen molar-refractivity contribution in [3.63, 3.8) is 0 Å². The van der Waals surface area contributed by atoms with Crippen molar-refractivity contribution in [3.05, 3.63) is 47.5 Å². The molecule has 1 unspecified atom stereocenters. The van der Waals surface area contributed by atoms with Crippen LogP contribution in [0.5, 0.6) is 23.0 Å². The molecule has 0 aromatic heterocycles. The Morgan fingerprint density at radius 1 is 0.913 bits per heavy atom. The normalized spacial score (nSPS) is 11.7. The maximum Gasteiger partial charge on any atom is 0.330 e. The summed E-state index contributed by atoms with van der Waals surface area (Å²) in [5.74, 6) is -4.49. The third kappa shape index (κ3) is 3.43. The quantitative estimate of drug-likeness (QED) is 0.462. The molecule has 1 atom stereocenters. The largest absolute Gasteiger partial charge is 0.508 e. The molecule has 2 aromatic rings. The predicted molar refractivity (Wildman–Crippen MR) is 77.4 cm³/mol. The van der Waals surface area contributed by atoms with E-state index in [0.717, 1.165) is 12.1 Å². The summed E-state index contributed by atoms with van der Waals surface area (Å²) < 4.78 is 0. The Balaban J connectivity index is 2.28. The molecule has 0 aliphatic rings. The van der Waals surface area contributed by atoms with E-state index >= 15 is 0 Å². The first-order valence-electron chi connectivity index (χ1n) is 6.37. The molecule has 0 bridgehead atoms. The van der Waals surface area contributed by atoms with Crippen LogP contribution in [0.4, 0.5) is 0 Å². The van der Waals surface area contributed by atoms with E-state index in [4.69, 9.17) is 0 Å². The minimum absolute atomic E-state index is 0.0578. The van der Waals surface area contributed by atoms with Gasteiger partial charge in [-0.2, -0.15) is 0 Å². The van der Waals surface area contributed by atoms with Crippen molar-refractivity contribution >= 4 is 11.9 Å². The molecular weight excluding hydrogens is 306 g/mol. The molecule has 0 saturated carbocycles. The van der Waals surface area contributed by atoms with Crippen molar-refractivity contribution in [1.29, 1.82) is 0 Å². The summed E-state index contributed by atoms with van der Waals surface area (Å²) in [4.78, 5) is 23.4. The topological polar surface area (TPSA) is 147 Å². The minimum atomic E-state index is -1.40. The number of hydrogen-bond acceptors (Lipinski definition) is 6. The molecule has 0 spiro atoms. The second-order valence-corrected chi connectivity index (χ2v) is 4.70. The third-order valence-electron chi connectivity index (χ3n) is 3.08. The van der Waals surface area contributed by atoms with Gasteiger partial charge in [-0.15, -0.1) is 0 Å². The number of benzene rings is 2. The average molecular weight is 319 g/mol. The molecule has 8 nitrogen and oxygen atoms in total. The lowest BCUT2D eigenvalue weighted by Gasteiger charge is -2.15. The number of carbonyl (C=O) groups excluding carboxylic acids is 1. The molecule has 0 aliphatic carbocycles. The molecule has 2 aromatic carbocycles. The molecule has 8 heteroatoms. The van der Waals surface area contributed by atoms with Crippen LogP contribution in [-0.2, 0) is 4.79 Å². The van der Waals surface area contributed by atoms with E-state index in [-0.39, 0.29) is 16.9 Å². The van der Waals surface area contributed by atoms with E-state index in [0.29, 0.717) is 0 Å². The van der Waals surface area contributed by atoms with Crippen molar-refractivity contribution in [2.75, 3.05) is 0 Å². The van der Waals surface area contributed by atoms with Gasteiger partial charge < -0.3 is 30.8 Å². The van der Waals surface area contributed by atoms with Crippen LogP contribution in [0.15, 0.2) is 36.4 Å². The van der Waals surface area contributed by atoms with Crippen LogP contribution >= 0.6 is 0 Å². The molecule has 0 radical (unpaired) electrons. The molecule has 0 saturated heterocycles. The van der Waals surface area contributed by atoms with Crippen LogP contribution in [0.1, 0.15) is 22.0 Å². The number of carbonyl (C=O) groups is 2. The Labute approximate surface area is 129 Å². The fourth-order valence-corrected chi connectivity index (χ4v) is 1.90. The first-order valence-corrected chi connectivity index (χ1v) is 6.37. The maximum atomic E-state index is 12.1. The van der Waals surface area contributed by atoms with Crippen molar-refractivity contribution in [2.24, 2.45) is 0 Å². The van der Waals surface area contributed by atoms with E-state index < -0.39 is 35.2 Å². The number of phenols is 4. The van der Waals surface area contributed by atoms with Gasteiger partial charge in [0.05, 0.1) is 0 Å². The van der Waals surface area contributed by atoms with Crippen molar-refractivity contribution < 1.29 is 35.1 Å². The van der Waals surface area contributed by atoms with Gasteiger partial charge in [-0.25, -0.2) is 4.79 Å². The second kappa shape index (κ2) is 6.14. The summed E-state index contributed by atoms with van der Waals surface area (Å²) >= 11 is 0. The molecular formula is C15H13NO7. The van der Waals surface area contributed by atoms with Gasteiger partial charge in [0.1, 0.15) is 5.75 Å². The lowest BCUT2D eigenvalue weighted by atomic mass is 10.1. The Bertz CT molecular complexity index is 732. The summed E-state index contributed by atoms with van der Waals surface area (Å²) in [6.45, 7) is 0. The molecule has 0 heterocycles. The van der Waals surface area contributed by atoms with Crippen LogP contribution in [0, 0.1) is 0 Å². The number of phenolic OH excluding ortho intramolecular Hbond substituents is 4. The van der Waals surface area contributed by atoms with Gasteiger partial charge >= 0.3 is 5.97 Å². The van der Waals surface area contributed by atoms with Crippen LogP contribution in [-0.4, -0.2) is 37.4 Å². The van der Waals surface area contributed by atoms with E-state index in [1.54, 1.807) is 0 Å². The molecule has 0 fully saturated rings. The summed E-state index contributed by atoms with van der Waals surface area (Å²) in [5, 5.41) is 48.7. The highest BCUT2D eigenvalue weighted by Crippen LogP contribution is 2.35. The second-order valence-electron chi connectivity index (χ2n) is 4.70. The van der Waals surface area contributed by atoms with Crippen LogP contribution < -0.4 is 5.32 Å². The number of aromatic hydroxyl groups is 4. The monoisotopic (exact) mass is 319 g/mol. The first-order chi connectivity index (χ1) is 10.8. The fraction of sp³-hybridized carbons (Fsp3) is 0.0667. The number of carboxylic acids is 1. The number of nitrogens with one attached hydrogen (secondary N) is 1. The van der Waals surface area contributed by atoms with Crippen LogP contribution in [0.25, 0.3) is 0 Å². The van der Waals surface area contributed by atoms with Gasteiger partial charge in [0.2, 0.25) is 0 Å². The van der Waals surface area contributed by atoms with E-state index in [9.17, 15) is 35.1 Å². The lowest BCUT2D eigenvalue weighted by Crippen LogP contribution is -2.33. The molecule has 1 amide bonds. The minimum Gasteiger partial charge on any atom is -0.508 e. The van der Waals surface area contributed by atoms with Gasteiger partial charge in [-0.1, -0.05) is 12.1 Å². The number of hydrogen-bond donors (Lipinski definition) is 6. The molecule has 120 valence electrons.